The Bertz CT molecular complexity index is 202. The molecule has 1 amide bonds. The average molecular weight is 168 g/mol. The predicted octanol–water partition coefficient (Wildman–Crippen LogP) is 0.00816. The van der Waals surface area contributed by atoms with Crippen LogP contribution in [0.5, 0.6) is 0 Å². The van der Waals surface area contributed by atoms with Gasteiger partial charge in [-0.15, -0.1) is 0 Å². The van der Waals surface area contributed by atoms with E-state index in [1.54, 1.807) is 18.9 Å². The van der Waals surface area contributed by atoms with E-state index in [1.165, 1.54) is 0 Å². The van der Waals surface area contributed by atoms with Crippen LogP contribution in [0.1, 0.15) is 13.3 Å². The van der Waals surface area contributed by atoms with E-state index < -0.39 is 0 Å². The molecule has 1 fully saturated rings. The van der Waals surface area contributed by atoms with Gasteiger partial charge in [0.25, 0.3) is 0 Å². The standard InChI is InChI=1S/C8H14N3O/c1-6(9)11-5-3-4-7(11)8(12)10-2/h3,7,9H,4-5H2,1-2H3,(H,10,12). The maximum absolute atomic E-state index is 11.3. The third-order valence-corrected chi connectivity index (χ3v) is 2.07. The lowest BCUT2D eigenvalue weighted by Crippen LogP contribution is -2.43. The minimum absolute atomic E-state index is 0.00431. The Balaban J connectivity index is 2.63. The molecule has 1 radical (unpaired) electrons. The first-order valence-electron chi connectivity index (χ1n) is 4.02. The number of carbonyl (C=O) groups is 1. The molecule has 1 saturated heterocycles. The number of hydrogen-bond acceptors (Lipinski definition) is 2. The third kappa shape index (κ3) is 1.57. The molecule has 0 bridgehead atoms. The number of likely N-dealkylation sites (N-methyl/N-ethyl adjacent to an activating group) is 1. The highest BCUT2D eigenvalue weighted by molar-refractivity contribution is 5.88. The number of rotatable bonds is 1. The van der Waals surface area contributed by atoms with Gasteiger partial charge in [-0.2, -0.15) is 0 Å². The Labute approximate surface area is 72.4 Å². The first kappa shape index (κ1) is 9.03. The number of hydrogen-bond donors (Lipinski definition) is 2. The van der Waals surface area contributed by atoms with Crippen LogP contribution in [0.3, 0.4) is 0 Å². The molecule has 67 valence electrons. The lowest BCUT2D eigenvalue weighted by molar-refractivity contribution is -0.123. The van der Waals surface area contributed by atoms with Crippen molar-refractivity contribution >= 4 is 11.7 Å². The van der Waals surface area contributed by atoms with E-state index in [4.69, 9.17) is 5.41 Å². The lowest BCUT2D eigenvalue weighted by Gasteiger charge is -2.23. The van der Waals surface area contributed by atoms with Gasteiger partial charge in [0.1, 0.15) is 6.04 Å². The molecule has 1 rings (SSSR count). The fourth-order valence-corrected chi connectivity index (χ4v) is 1.41. The summed E-state index contributed by atoms with van der Waals surface area (Å²) in [4.78, 5) is 13.0. The van der Waals surface area contributed by atoms with Crippen LogP contribution in [0.4, 0.5) is 0 Å². The number of likely N-dealkylation sites (tertiary alicyclic amines) is 1. The van der Waals surface area contributed by atoms with Crippen LogP contribution in [0.25, 0.3) is 0 Å². The van der Waals surface area contributed by atoms with E-state index in [0.29, 0.717) is 12.4 Å². The van der Waals surface area contributed by atoms with Gasteiger partial charge in [-0.25, -0.2) is 0 Å². The summed E-state index contributed by atoms with van der Waals surface area (Å²) >= 11 is 0. The summed E-state index contributed by atoms with van der Waals surface area (Å²) in [5.41, 5.74) is 0. The van der Waals surface area contributed by atoms with E-state index in [9.17, 15) is 4.79 Å². The van der Waals surface area contributed by atoms with Crippen molar-refractivity contribution in [3.05, 3.63) is 6.42 Å². The number of amides is 1. The molecular formula is C8H14N3O. The second kappa shape index (κ2) is 3.56. The minimum atomic E-state index is -0.160. The third-order valence-electron chi connectivity index (χ3n) is 2.07. The molecule has 1 atom stereocenters. The van der Waals surface area contributed by atoms with E-state index in [-0.39, 0.29) is 11.9 Å². The monoisotopic (exact) mass is 168 g/mol. The quantitative estimate of drug-likeness (QED) is 0.428. The maximum atomic E-state index is 11.3. The fourth-order valence-electron chi connectivity index (χ4n) is 1.41. The number of carbonyl (C=O) groups excluding carboxylic acids is 1. The first-order valence-corrected chi connectivity index (χ1v) is 4.02. The second-order valence-corrected chi connectivity index (χ2v) is 2.89. The highest BCUT2D eigenvalue weighted by atomic mass is 16.2. The zero-order valence-corrected chi connectivity index (χ0v) is 7.42. The SMILES string of the molecule is CNC(=O)C1C[CH]CN1C(C)=N. The van der Waals surface area contributed by atoms with Crippen LogP contribution in [0, 0.1) is 11.8 Å². The molecular weight excluding hydrogens is 154 g/mol. The van der Waals surface area contributed by atoms with Crippen molar-refractivity contribution in [1.82, 2.24) is 10.2 Å². The molecule has 4 nitrogen and oxygen atoms in total. The van der Waals surface area contributed by atoms with Crippen LogP contribution in [0.2, 0.25) is 0 Å². The van der Waals surface area contributed by atoms with Crippen molar-refractivity contribution in [3.8, 4) is 0 Å². The van der Waals surface area contributed by atoms with Gasteiger partial charge in [0.15, 0.2) is 0 Å². The number of nitrogens with one attached hydrogen (secondary N) is 2. The molecule has 0 aliphatic carbocycles. The van der Waals surface area contributed by atoms with E-state index in [0.717, 1.165) is 6.42 Å². The van der Waals surface area contributed by atoms with Gasteiger partial charge >= 0.3 is 0 Å². The van der Waals surface area contributed by atoms with Gasteiger partial charge in [-0.1, -0.05) is 0 Å². The van der Waals surface area contributed by atoms with Crippen LogP contribution in [-0.2, 0) is 4.79 Å². The normalized spacial score (nSPS) is 22.5. The molecule has 0 saturated carbocycles. The molecule has 1 aliphatic heterocycles. The second-order valence-electron chi connectivity index (χ2n) is 2.89. The molecule has 0 aromatic heterocycles. The van der Waals surface area contributed by atoms with E-state index >= 15 is 0 Å². The topological polar surface area (TPSA) is 56.2 Å². The minimum Gasteiger partial charge on any atom is -0.357 e. The van der Waals surface area contributed by atoms with E-state index in [1.807, 2.05) is 6.42 Å². The fraction of sp³-hybridized carbons (Fsp3) is 0.625. The Morgan fingerprint density at radius 2 is 2.42 bits per heavy atom. The summed E-state index contributed by atoms with van der Waals surface area (Å²) < 4.78 is 0. The Morgan fingerprint density at radius 1 is 1.75 bits per heavy atom. The van der Waals surface area contributed by atoms with Gasteiger partial charge in [-0.3, -0.25) is 10.2 Å². The summed E-state index contributed by atoms with van der Waals surface area (Å²) in [7, 11) is 1.62. The van der Waals surface area contributed by atoms with Crippen molar-refractivity contribution in [1.29, 1.82) is 5.41 Å². The van der Waals surface area contributed by atoms with Gasteiger partial charge in [-0.05, 0) is 19.8 Å². The van der Waals surface area contributed by atoms with Crippen molar-refractivity contribution in [2.75, 3.05) is 13.6 Å². The van der Waals surface area contributed by atoms with Crippen LogP contribution < -0.4 is 5.32 Å². The molecule has 0 aromatic rings. The smallest absolute Gasteiger partial charge is 0.242 e. The van der Waals surface area contributed by atoms with Gasteiger partial charge < -0.3 is 10.2 Å². The summed E-state index contributed by atoms with van der Waals surface area (Å²) in [5, 5.41) is 10.0. The van der Waals surface area contributed by atoms with Crippen molar-refractivity contribution in [2.45, 2.75) is 19.4 Å². The summed E-state index contributed by atoms with van der Waals surface area (Å²) in [5.74, 6) is 0.452. The molecule has 12 heavy (non-hydrogen) atoms. The number of amidine groups is 1. The van der Waals surface area contributed by atoms with Gasteiger partial charge in [0.05, 0.1) is 5.84 Å². The zero-order valence-electron chi connectivity index (χ0n) is 7.42. The Kier molecular flexibility index (Phi) is 2.68. The molecule has 4 heteroatoms. The molecule has 1 unspecified atom stereocenters. The van der Waals surface area contributed by atoms with Crippen LogP contribution in [0.15, 0.2) is 0 Å². The Morgan fingerprint density at radius 3 is 2.92 bits per heavy atom. The highest BCUT2D eigenvalue weighted by Gasteiger charge is 2.30. The van der Waals surface area contributed by atoms with Gasteiger partial charge in [0.2, 0.25) is 5.91 Å². The summed E-state index contributed by atoms with van der Waals surface area (Å²) in [6.07, 6.45) is 2.77. The van der Waals surface area contributed by atoms with Gasteiger partial charge in [0, 0.05) is 13.6 Å². The molecule has 1 heterocycles. The van der Waals surface area contributed by atoms with E-state index in [2.05, 4.69) is 5.32 Å². The lowest BCUT2D eigenvalue weighted by atomic mass is 10.2. The largest absolute Gasteiger partial charge is 0.357 e. The molecule has 0 spiro atoms. The zero-order chi connectivity index (χ0) is 9.14. The maximum Gasteiger partial charge on any atom is 0.242 e. The highest BCUT2D eigenvalue weighted by Crippen LogP contribution is 2.16. The summed E-state index contributed by atoms with van der Waals surface area (Å²) in [6, 6.07) is -0.160. The van der Waals surface area contributed by atoms with Crippen LogP contribution >= 0.6 is 0 Å². The number of nitrogens with zero attached hydrogens (tertiary/aromatic N) is 1. The first-order chi connectivity index (χ1) is 5.66. The molecule has 1 aliphatic rings. The molecule has 0 aromatic carbocycles. The average Bonchev–Trinajstić information content (AvgIpc) is 2.50. The predicted molar refractivity (Wildman–Crippen MR) is 46.9 cm³/mol. The van der Waals surface area contributed by atoms with Crippen molar-refractivity contribution < 1.29 is 4.79 Å². The van der Waals surface area contributed by atoms with Crippen molar-refractivity contribution in [2.24, 2.45) is 0 Å². The van der Waals surface area contributed by atoms with Crippen molar-refractivity contribution in [3.63, 3.8) is 0 Å². The Hall–Kier alpha value is -1.06. The molecule has 2 N–H and O–H groups in total. The summed E-state index contributed by atoms with van der Waals surface area (Å²) in [6.45, 7) is 2.42. The van der Waals surface area contributed by atoms with Crippen LogP contribution in [-0.4, -0.2) is 36.3 Å².